The molecule has 14 heavy (non-hydrogen) atoms. The Balaban J connectivity index is 1.90. The molecule has 0 saturated heterocycles. The molecule has 3 nitrogen and oxygen atoms in total. The van der Waals surface area contributed by atoms with Crippen molar-refractivity contribution in [1.29, 1.82) is 0 Å². The summed E-state index contributed by atoms with van der Waals surface area (Å²) in [7, 11) is 0. The van der Waals surface area contributed by atoms with Crippen LogP contribution in [0.25, 0.3) is 0 Å². The third-order valence-corrected chi connectivity index (χ3v) is 4.26. The van der Waals surface area contributed by atoms with Crippen LogP contribution in [0, 0.1) is 22.0 Å². The minimum atomic E-state index is -0.291. The summed E-state index contributed by atoms with van der Waals surface area (Å²) >= 11 is 0. The highest BCUT2D eigenvalue weighted by Crippen LogP contribution is 2.78. The molecule has 0 bridgehead atoms. The van der Waals surface area contributed by atoms with Gasteiger partial charge in [-0.2, -0.15) is 0 Å². The van der Waals surface area contributed by atoms with E-state index in [2.05, 4.69) is 0 Å². The van der Waals surface area contributed by atoms with Crippen molar-refractivity contribution in [2.45, 2.75) is 18.3 Å². The molecule has 3 aliphatic carbocycles. The highest BCUT2D eigenvalue weighted by Gasteiger charge is 2.68. The van der Waals surface area contributed by atoms with Crippen molar-refractivity contribution in [3.8, 4) is 0 Å². The molecule has 2 saturated carbocycles. The molecule has 3 heteroatoms. The minimum absolute atomic E-state index is 0.258. The number of nitro benzene ring substituents is 1. The number of hydrogen-bond donors (Lipinski definition) is 0. The van der Waals surface area contributed by atoms with Gasteiger partial charge in [0.1, 0.15) is 0 Å². The zero-order valence-corrected chi connectivity index (χ0v) is 7.51. The Kier molecular flexibility index (Phi) is 0.923. The molecule has 4 atom stereocenters. The van der Waals surface area contributed by atoms with Crippen molar-refractivity contribution in [3.63, 3.8) is 0 Å². The minimum Gasteiger partial charge on any atom is -0.258 e. The van der Waals surface area contributed by atoms with Gasteiger partial charge in [0.05, 0.1) is 4.92 Å². The molecule has 0 aliphatic heterocycles. The Hall–Kier alpha value is -1.38. The third kappa shape index (κ3) is 0.567. The standard InChI is InChI=1S/C11H9NO2/c13-12(14)5-1-2-6-7(3-5)8-4-9-10(6)11(8)9/h1-3,8-11H,4H2/t8-,9+,10-,11+/m1/s1. The summed E-state index contributed by atoms with van der Waals surface area (Å²) in [5, 5.41) is 10.6. The molecule has 0 radical (unpaired) electrons. The fourth-order valence-electron chi connectivity index (χ4n) is 3.58. The Morgan fingerprint density at radius 3 is 3.00 bits per heavy atom. The molecular formula is C11H9NO2. The third-order valence-electron chi connectivity index (χ3n) is 4.26. The Morgan fingerprint density at radius 1 is 1.36 bits per heavy atom. The first-order valence-corrected chi connectivity index (χ1v) is 5.05. The lowest BCUT2D eigenvalue weighted by Gasteiger charge is -2.26. The van der Waals surface area contributed by atoms with Gasteiger partial charge in [0.15, 0.2) is 0 Å². The predicted molar refractivity (Wildman–Crippen MR) is 50.2 cm³/mol. The van der Waals surface area contributed by atoms with E-state index in [4.69, 9.17) is 0 Å². The number of benzene rings is 1. The zero-order chi connectivity index (χ0) is 9.45. The Bertz CT molecular complexity index is 468. The fourth-order valence-corrected chi connectivity index (χ4v) is 3.58. The number of nitro groups is 1. The van der Waals surface area contributed by atoms with E-state index >= 15 is 0 Å². The van der Waals surface area contributed by atoms with Crippen molar-refractivity contribution in [2.75, 3.05) is 0 Å². The molecule has 0 unspecified atom stereocenters. The highest BCUT2D eigenvalue weighted by molar-refractivity contribution is 5.55. The van der Waals surface area contributed by atoms with Gasteiger partial charge >= 0.3 is 0 Å². The first kappa shape index (κ1) is 6.98. The summed E-state index contributed by atoms with van der Waals surface area (Å²) in [5.74, 6) is 3.25. The van der Waals surface area contributed by atoms with Crippen LogP contribution >= 0.6 is 0 Å². The summed E-state index contributed by atoms with van der Waals surface area (Å²) in [6.45, 7) is 0. The number of nitrogens with zero attached hydrogens (tertiary/aromatic N) is 1. The normalized spacial score (nSPS) is 39.7. The van der Waals surface area contributed by atoms with Crippen LogP contribution in [0.1, 0.15) is 29.4 Å². The van der Waals surface area contributed by atoms with Crippen LogP contribution in [0.5, 0.6) is 0 Å². The predicted octanol–water partition coefficient (Wildman–Crippen LogP) is 2.43. The van der Waals surface area contributed by atoms with E-state index in [0.29, 0.717) is 5.92 Å². The first-order chi connectivity index (χ1) is 6.77. The summed E-state index contributed by atoms with van der Waals surface area (Å²) in [5.41, 5.74) is 2.94. The molecule has 0 N–H and O–H groups in total. The van der Waals surface area contributed by atoms with Crippen molar-refractivity contribution >= 4 is 5.69 Å². The van der Waals surface area contributed by atoms with Crippen LogP contribution in [-0.2, 0) is 0 Å². The average Bonchev–Trinajstić information content (AvgIpc) is 2.62. The molecule has 4 rings (SSSR count). The quantitative estimate of drug-likeness (QED) is 0.500. The summed E-state index contributed by atoms with van der Waals surface area (Å²) in [4.78, 5) is 10.3. The number of hydrogen-bond acceptors (Lipinski definition) is 2. The summed E-state index contributed by atoms with van der Waals surface area (Å²) in [6.07, 6.45) is 1.28. The van der Waals surface area contributed by atoms with E-state index in [0.717, 1.165) is 17.8 Å². The monoisotopic (exact) mass is 187 g/mol. The maximum Gasteiger partial charge on any atom is 0.269 e. The lowest BCUT2D eigenvalue weighted by molar-refractivity contribution is -0.385. The van der Waals surface area contributed by atoms with Gasteiger partial charge in [0, 0.05) is 12.1 Å². The smallest absolute Gasteiger partial charge is 0.258 e. The Labute approximate surface area is 80.9 Å². The molecule has 1 aromatic rings. The van der Waals surface area contributed by atoms with Crippen LogP contribution in [0.2, 0.25) is 0 Å². The van der Waals surface area contributed by atoms with E-state index in [1.165, 1.54) is 17.5 Å². The zero-order valence-electron chi connectivity index (χ0n) is 7.51. The van der Waals surface area contributed by atoms with Crippen LogP contribution < -0.4 is 0 Å². The van der Waals surface area contributed by atoms with Gasteiger partial charge in [0.2, 0.25) is 0 Å². The van der Waals surface area contributed by atoms with Gasteiger partial charge in [-0.25, -0.2) is 0 Å². The number of fused-ring (bicyclic) bond motifs is 4. The van der Waals surface area contributed by atoms with Gasteiger partial charge in [-0.05, 0) is 41.2 Å². The van der Waals surface area contributed by atoms with E-state index < -0.39 is 0 Å². The molecule has 0 aromatic heterocycles. The number of rotatable bonds is 1. The average molecular weight is 187 g/mol. The Morgan fingerprint density at radius 2 is 2.21 bits per heavy atom. The maximum atomic E-state index is 10.6. The van der Waals surface area contributed by atoms with E-state index in [-0.39, 0.29) is 10.6 Å². The number of non-ortho nitro benzene ring substituents is 1. The first-order valence-electron chi connectivity index (χ1n) is 5.05. The van der Waals surface area contributed by atoms with Crippen LogP contribution in [-0.4, -0.2) is 4.92 Å². The summed E-state index contributed by atoms with van der Waals surface area (Å²) in [6, 6.07) is 5.42. The van der Waals surface area contributed by atoms with Crippen molar-refractivity contribution in [1.82, 2.24) is 0 Å². The molecular weight excluding hydrogens is 178 g/mol. The molecule has 70 valence electrons. The topological polar surface area (TPSA) is 43.1 Å². The highest BCUT2D eigenvalue weighted by atomic mass is 16.6. The maximum absolute atomic E-state index is 10.6. The largest absolute Gasteiger partial charge is 0.269 e. The SMILES string of the molecule is O=[N+]([O-])c1ccc2c(c1)[C@H]1C[C@H]3[C@@H]2[C@H]31. The fraction of sp³-hybridized carbons (Fsp3) is 0.455. The van der Waals surface area contributed by atoms with Gasteiger partial charge in [-0.15, -0.1) is 0 Å². The second kappa shape index (κ2) is 1.85. The molecule has 1 aromatic carbocycles. The van der Waals surface area contributed by atoms with Crippen molar-refractivity contribution in [2.24, 2.45) is 11.8 Å². The van der Waals surface area contributed by atoms with E-state index in [1.807, 2.05) is 6.07 Å². The summed E-state index contributed by atoms with van der Waals surface area (Å²) < 4.78 is 0. The van der Waals surface area contributed by atoms with Crippen LogP contribution in [0.4, 0.5) is 5.69 Å². The van der Waals surface area contributed by atoms with Crippen LogP contribution in [0.15, 0.2) is 18.2 Å². The van der Waals surface area contributed by atoms with Gasteiger partial charge in [-0.3, -0.25) is 10.1 Å². The van der Waals surface area contributed by atoms with Gasteiger partial charge in [-0.1, -0.05) is 6.07 Å². The van der Waals surface area contributed by atoms with Crippen molar-refractivity contribution in [3.05, 3.63) is 39.4 Å². The molecule has 3 aliphatic rings. The lowest BCUT2D eigenvalue weighted by atomic mass is 9.78. The van der Waals surface area contributed by atoms with Gasteiger partial charge in [0.25, 0.3) is 5.69 Å². The van der Waals surface area contributed by atoms with Gasteiger partial charge < -0.3 is 0 Å². The van der Waals surface area contributed by atoms with Crippen molar-refractivity contribution < 1.29 is 4.92 Å². The molecule has 0 spiro atoms. The second-order valence-electron chi connectivity index (χ2n) is 4.68. The molecule has 0 heterocycles. The lowest BCUT2D eigenvalue weighted by Crippen LogP contribution is -2.14. The van der Waals surface area contributed by atoms with E-state index in [9.17, 15) is 10.1 Å². The molecule has 0 amide bonds. The second-order valence-corrected chi connectivity index (χ2v) is 4.68. The van der Waals surface area contributed by atoms with E-state index in [1.54, 1.807) is 12.1 Å². The molecule has 2 fully saturated rings. The van der Waals surface area contributed by atoms with Crippen LogP contribution in [0.3, 0.4) is 0 Å².